The molecule has 0 unspecified atom stereocenters. The van der Waals surface area contributed by atoms with Crippen LogP contribution in [0, 0.1) is 11.6 Å². The number of likely N-dealkylation sites (tertiary alicyclic amines) is 1. The molecule has 4 rings (SSSR count). The maximum Gasteiger partial charge on any atom is 0.242 e. The first-order valence-electron chi connectivity index (χ1n) is 9.55. The predicted octanol–water partition coefficient (Wildman–Crippen LogP) is 3.87. The van der Waals surface area contributed by atoms with Crippen molar-refractivity contribution < 1.29 is 18.3 Å². The first kappa shape index (κ1) is 21.5. The van der Waals surface area contributed by atoms with E-state index in [0.29, 0.717) is 24.5 Å². The van der Waals surface area contributed by atoms with Gasteiger partial charge < -0.3 is 9.64 Å². The van der Waals surface area contributed by atoms with Crippen LogP contribution in [0.4, 0.5) is 8.78 Å². The first-order valence-corrected chi connectivity index (χ1v) is 9.55. The van der Waals surface area contributed by atoms with Crippen LogP contribution >= 0.6 is 12.4 Å². The summed E-state index contributed by atoms with van der Waals surface area (Å²) in [7, 11) is 1.80. The van der Waals surface area contributed by atoms with Crippen LogP contribution in [-0.4, -0.2) is 41.5 Å². The van der Waals surface area contributed by atoms with Crippen LogP contribution in [0.25, 0.3) is 11.1 Å². The van der Waals surface area contributed by atoms with E-state index in [-0.39, 0.29) is 35.5 Å². The molecule has 156 valence electrons. The molecule has 1 spiro atoms. The molecule has 1 aromatic carbocycles. The Kier molecular flexibility index (Phi) is 6.10. The highest BCUT2D eigenvalue weighted by Gasteiger charge is 2.50. The Hall–Kier alpha value is -2.25. The minimum atomic E-state index is -0.597. The van der Waals surface area contributed by atoms with E-state index in [1.165, 1.54) is 18.2 Å². The minimum absolute atomic E-state index is 0. The standard InChI is InChI=1S/C21H23F2N3O2.ClH/c1-3-28-13-4-5-16(22)14(10-13)15-11-19(24-12-17(15)23)18-6-7-21(25-18)8-9-26(2)20(21)27;/h4-5,10-12,18,25H,3,6-9H2,1-2H3;1H/t18-,21-;/m0./s1. The molecule has 29 heavy (non-hydrogen) atoms. The van der Waals surface area contributed by atoms with Crippen molar-refractivity contribution in [1.82, 2.24) is 15.2 Å². The summed E-state index contributed by atoms with van der Waals surface area (Å²) in [5, 5.41) is 3.41. The third-order valence-electron chi connectivity index (χ3n) is 5.71. The molecule has 1 N–H and O–H groups in total. The van der Waals surface area contributed by atoms with Crippen LogP contribution in [0.5, 0.6) is 5.75 Å². The molecule has 0 aliphatic carbocycles. The Morgan fingerprint density at radius 1 is 1.24 bits per heavy atom. The van der Waals surface area contributed by atoms with Crippen molar-refractivity contribution >= 4 is 18.3 Å². The van der Waals surface area contributed by atoms with Crippen molar-refractivity contribution in [2.24, 2.45) is 0 Å². The van der Waals surface area contributed by atoms with Crippen molar-refractivity contribution in [2.45, 2.75) is 37.8 Å². The van der Waals surface area contributed by atoms with Gasteiger partial charge in [0.1, 0.15) is 22.9 Å². The van der Waals surface area contributed by atoms with Crippen LogP contribution in [0.2, 0.25) is 0 Å². The molecule has 0 bridgehead atoms. The molecular formula is C21H24ClF2N3O2. The lowest BCUT2D eigenvalue weighted by Crippen LogP contribution is -2.47. The number of amides is 1. The number of carbonyl (C=O) groups is 1. The number of halogens is 3. The summed E-state index contributed by atoms with van der Waals surface area (Å²) in [6.45, 7) is 2.99. The maximum absolute atomic E-state index is 14.5. The highest BCUT2D eigenvalue weighted by Crippen LogP contribution is 2.39. The van der Waals surface area contributed by atoms with Crippen molar-refractivity contribution in [3.05, 3.63) is 47.8 Å². The van der Waals surface area contributed by atoms with Gasteiger partial charge in [-0.15, -0.1) is 12.4 Å². The van der Waals surface area contributed by atoms with Gasteiger partial charge in [0, 0.05) is 24.7 Å². The Morgan fingerprint density at radius 2 is 2.00 bits per heavy atom. The van der Waals surface area contributed by atoms with E-state index in [1.807, 2.05) is 6.92 Å². The Labute approximate surface area is 174 Å². The Balaban J connectivity index is 0.00000240. The van der Waals surface area contributed by atoms with E-state index in [9.17, 15) is 13.6 Å². The average molecular weight is 424 g/mol. The van der Waals surface area contributed by atoms with E-state index >= 15 is 0 Å². The molecule has 1 amide bonds. The summed E-state index contributed by atoms with van der Waals surface area (Å²) in [5.41, 5.74) is 0.325. The van der Waals surface area contributed by atoms with Gasteiger partial charge in [0.15, 0.2) is 0 Å². The van der Waals surface area contributed by atoms with Crippen LogP contribution in [0.15, 0.2) is 30.5 Å². The number of ether oxygens (including phenoxy) is 1. The highest BCUT2D eigenvalue weighted by molar-refractivity contribution is 5.88. The molecule has 2 aliphatic heterocycles. The number of carbonyl (C=O) groups excluding carboxylic acids is 1. The number of aromatic nitrogens is 1. The van der Waals surface area contributed by atoms with Gasteiger partial charge in [-0.2, -0.15) is 0 Å². The maximum atomic E-state index is 14.5. The van der Waals surface area contributed by atoms with Gasteiger partial charge >= 0.3 is 0 Å². The van der Waals surface area contributed by atoms with Crippen molar-refractivity contribution in [3.8, 4) is 16.9 Å². The van der Waals surface area contributed by atoms with E-state index in [1.54, 1.807) is 18.0 Å². The summed E-state index contributed by atoms with van der Waals surface area (Å²) in [5.74, 6) is -0.550. The number of nitrogens with zero attached hydrogens (tertiary/aromatic N) is 2. The molecule has 5 nitrogen and oxygen atoms in total. The molecule has 1 aromatic heterocycles. The zero-order valence-corrected chi connectivity index (χ0v) is 17.2. The lowest BCUT2D eigenvalue weighted by atomic mass is 9.96. The van der Waals surface area contributed by atoms with Crippen molar-refractivity contribution in [2.75, 3.05) is 20.2 Å². The second kappa shape index (κ2) is 8.24. The van der Waals surface area contributed by atoms with Crippen LogP contribution in [0.3, 0.4) is 0 Å². The zero-order chi connectivity index (χ0) is 19.9. The SMILES string of the molecule is CCOc1ccc(F)c(-c2cc([C@@H]3CC[C@@]4(CCN(C)C4=O)N3)ncc2F)c1.Cl. The van der Waals surface area contributed by atoms with Gasteiger partial charge in [0.2, 0.25) is 5.91 Å². The van der Waals surface area contributed by atoms with E-state index in [0.717, 1.165) is 25.6 Å². The number of hydrogen-bond acceptors (Lipinski definition) is 4. The van der Waals surface area contributed by atoms with Gasteiger partial charge in [0.05, 0.1) is 24.5 Å². The summed E-state index contributed by atoms with van der Waals surface area (Å²) in [6.07, 6.45) is 3.30. The highest BCUT2D eigenvalue weighted by atomic mass is 35.5. The van der Waals surface area contributed by atoms with Gasteiger partial charge in [-0.1, -0.05) is 0 Å². The molecule has 2 aliphatic rings. The normalized spacial score (nSPS) is 23.5. The molecule has 2 saturated heterocycles. The summed E-state index contributed by atoms with van der Waals surface area (Å²) in [4.78, 5) is 18.5. The summed E-state index contributed by atoms with van der Waals surface area (Å²) in [6, 6.07) is 5.69. The topological polar surface area (TPSA) is 54.5 Å². The number of rotatable bonds is 4. The van der Waals surface area contributed by atoms with Crippen LogP contribution < -0.4 is 10.1 Å². The van der Waals surface area contributed by atoms with E-state index in [4.69, 9.17) is 4.74 Å². The second-order valence-corrected chi connectivity index (χ2v) is 7.46. The molecule has 8 heteroatoms. The molecule has 2 fully saturated rings. The molecule has 0 saturated carbocycles. The molecule has 0 radical (unpaired) electrons. The van der Waals surface area contributed by atoms with Crippen molar-refractivity contribution in [1.29, 1.82) is 0 Å². The number of pyridine rings is 1. The van der Waals surface area contributed by atoms with Crippen molar-refractivity contribution in [3.63, 3.8) is 0 Å². The zero-order valence-electron chi connectivity index (χ0n) is 16.4. The summed E-state index contributed by atoms with van der Waals surface area (Å²) < 4.78 is 34.3. The number of nitrogens with one attached hydrogen (secondary N) is 1. The van der Waals surface area contributed by atoms with E-state index in [2.05, 4.69) is 10.3 Å². The number of benzene rings is 1. The minimum Gasteiger partial charge on any atom is -0.494 e. The lowest BCUT2D eigenvalue weighted by Gasteiger charge is -2.23. The smallest absolute Gasteiger partial charge is 0.242 e. The second-order valence-electron chi connectivity index (χ2n) is 7.46. The molecular weight excluding hydrogens is 400 g/mol. The molecule has 3 heterocycles. The fourth-order valence-electron chi connectivity index (χ4n) is 4.21. The fourth-order valence-corrected chi connectivity index (χ4v) is 4.21. The lowest BCUT2D eigenvalue weighted by molar-refractivity contribution is -0.131. The number of hydrogen-bond donors (Lipinski definition) is 1. The fraction of sp³-hybridized carbons (Fsp3) is 0.429. The van der Waals surface area contributed by atoms with E-state index < -0.39 is 17.2 Å². The average Bonchev–Trinajstić information content (AvgIpc) is 3.24. The summed E-state index contributed by atoms with van der Waals surface area (Å²) >= 11 is 0. The Morgan fingerprint density at radius 3 is 2.69 bits per heavy atom. The first-order chi connectivity index (χ1) is 13.4. The van der Waals surface area contributed by atoms with Gasteiger partial charge in [-0.3, -0.25) is 15.1 Å². The van der Waals surface area contributed by atoms with Crippen LogP contribution in [-0.2, 0) is 4.79 Å². The monoisotopic (exact) mass is 423 g/mol. The largest absolute Gasteiger partial charge is 0.494 e. The molecule has 2 aromatic rings. The number of likely N-dealkylation sites (N-methyl/N-ethyl adjacent to an activating group) is 1. The van der Waals surface area contributed by atoms with Gasteiger partial charge in [-0.25, -0.2) is 8.78 Å². The molecule has 2 atom stereocenters. The quantitative estimate of drug-likeness (QED) is 0.811. The third-order valence-corrected chi connectivity index (χ3v) is 5.71. The van der Waals surface area contributed by atoms with Gasteiger partial charge in [0.25, 0.3) is 0 Å². The Bertz CT molecular complexity index is 927. The van der Waals surface area contributed by atoms with Gasteiger partial charge in [-0.05, 0) is 50.5 Å². The predicted molar refractivity (Wildman–Crippen MR) is 108 cm³/mol. The van der Waals surface area contributed by atoms with Crippen LogP contribution in [0.1, 0.15) is 37.9 Å². The third kappa shape index (κ3) is 3.81.